The maximum Gasteiger partial charge on any atom is 0.239 e. The van der Waals surface area contributed by atoms with Crippen LogP contribution >= 0.6 is 0 Å². The van der Waals surface area contributed by atoms with Gasteiger partial charge in [0.15, 0.2) is 0 Å². The van der Waals surface area contributed by atoms with Crippen LogP contribution in [-0.2, 0) is 4.79 Å². The molecule has 0 saturated heterocycles. The topological polar surface area (TPSA) is 47.3 Å². The second-order valence-electron chi connectivity index (χ2n) is 3.88. The van der Waals surface area contributed by atoms with Crippen LogP contribution in [0.1, 0.15) is 13.8 Å². The summed E-state index contributed by atoms with van der Waals surface area (Å²) in [6.45, 7) is 4.33. The van der Waals surface area contributed by atoms with E-state index in [-0.39, 0.29) is 17.9 Å². The van der Waals surface area contributed by atoms with E-state index in [9.17, 15) is 4.79 Å². The highest BCUT2D eigenvalue weighted by Crippen LogP contribution is 2.03. The van der Waals surface area contributed by atoms with Crippen LogP contribution in [0.4, 0.5) is 0 Å². The Hall–Kier alpha value is -1.08. The molecule has 0 aromatic carbocycles. The second-order valence-corrected chi connectivity index (χ2v) is 3.88. The Balaban J connectivity index is 4.19. The number of hydrogen-bond donors (Lipinski definition) is 0. The van der Waals surface area contributed by atoms with Crippen molar-refractivity contribution >= 4 is 5.91 Å². The molecule has 0 N–H and O–H groups in total. The van der Waals surface area contributed by atoms with E-state index in [4.69, 9.17) is 5.26 Å². The highest BCUT2D eigenvalue weighted by molar-refractivity contribution is 5.80. The van der Waals surface area contributed by atoms with Gasteiger partial charge in [-0.1, -0.05) is 0 Å². The normalized spacial score (nSPS) is 14.6. The molecule has 0 aliphatic rings. The number of carbonyl (C=O) groups is 1. The standard InChI is InChI=1S/C10H19N3O/c1-8(6-11)7-13(5)9(2)10(14)12(3)4/h8-9H,7H2,1-5H3. The Morgan fingerprint density at radius 2 is 1.86 bits per heavy atom. The number of amides is 1. The first-order valence-corrected chi connectivity index (χ1v) is 4.71. The highest BCUT2D eigenvalue weighted by atomic mass is 16.2. The Kier molecular flexibility index (Phi) is 5.18. The van der Waals surface area contributed by atoms with Crippen LogP contribution in [0.3, 0.4) is 0 Å². The lowest BCUT2D eigenvalue weighted by atomic mass is 10.1. The van der Waals surface area contributed by atoms with Gasteiger partial charge in [0.2, 0.25) is 5.91 Å². The number of rotatable bonds is 4. The van der Waals surface area contributed by atoms with E-state index in [1.807, 2.05) is 25.8 Å². The molecule has 0 spiro atoms. The van der Waals surface area contributed by atoms with Crippen molar-refractivity contribution in [3.8, 4) is 6.07 Å². The largest absolute Gasteiger partial charge is 0.347 e. The zero-order valence-electron chi connectivity index (χ0n) is 9.61. The maximum atomic E-state index is 11.6. The van der Waals surface area contributed by atoms with E-state index >= 15 is 0 Å². The van der Waals surface area contributed by atoms with Crippen LogP contribution < -0.4 is 0 Å². The van der Waals surface area contributed by atoms with Crippen LogP contribution in [0.2, 0.25) is 0 Å². The Bertz CT molecular complexity index is 232. The summed E-state index contributed by atoms with van der Waals surface area (Å²) in [6, 6.07) is 1.99. The van der Waals surface area contributed by atoms with E-state index in [1.54, 1.807) is 19.0 Å². The molecule has 0 radical (unpaired) electrons. The van der Waals surface area contributed by atoms with E-state index in [0.29, 0.717) is 6.54 Å². The summed E-state index contributed by atoms with van der Waals surface area (Å²) in [7, 11) is 5.33. The van der Waals surface area contributed by atoms with E-state index in [1.165, 1.54) is 0 Å². The molecule has 0 aromatic heterocycles. The summed E-state index contributed by atoms with van der Waals surface area (Å²) in [5, 5.41) is 8.64. The van der Waals surface area contributed by atoms with Crippen molar-refractivity contribution in [2.45, 2.75) is 19.9 Å². The summed E-state index contributed by atoms with van der Waals surface area (Å²) < 4.78 is 0. The van der Waals surface area contributed by atoms with Crippen molar-refractivity contribution in [3.05, 3.63) is 0 Å². The van der Waals surface area contributed by atoms with Crippen LogP contribution in [0.25, 0.3) is 0 Å². The fraction of sp³-hybridized carbons (Fsp3) is 0.800. The van der Waals surface area contributed by atoms with Gasteiger partial charge in [0.05, 0.1) is 18.0 Å². The van der Waals surface area contributed by atoms with Gasteiger partial charge in [-0.25, -0.2) is 0 Å². The second kappa shape index (κ2) is 5.61. The molecule has 80 valence electrons. The fourth-order valence-corrected chi connectivity index (χ4v) is 1.19. The van der Waals surface area contributed by atoms with Crippen molar-refractivity contribution in [2.75, 3.05) is 27.7 Å². The van der Waals surface area contributed by atoms with Gasteiger partial charge in [0.1, 0.15) is 0 Å². The van der Waals surface area contributed by atoms with Crippen LogP contribution in [-0.4, -0.2) is 49.4 Å². The molecule has 0 bridgehead atoms. The number of carbonyl (C=O) groups excluding carboxylic acids is 1. The fourth-order valence-electron chi connectivity index (χ4n) is 1.19. The van der Waals surface area contributed by atoms with Gasteiger partial charge < -0.3 is 4.90 Å². The van der Waals surface area contributed by atoms with Gasteiger partial charge >= 0.3 is 0 Å². The molecule has 4 heteroatoms. The predicted octanol–water partition coefficient (Wildman–Crippen LogP) is 0.555. The quantitative estimate of drug-likeness (QED) is 0.661. The monoisotopic (exact) mass is 197 g/mol. The van der Waals surface area contributed by atoms with E-state index in [0.717, 1.165) is 0 Å². The Labute approximate surface area is 86.1 Å². The molecule has 0 aliphatic heterocycles. The van der Waals surface area contributed by atoms with Crippen molar-refractivity contribution in [2.24, 2.45) is 5.92 Å². The average Bonchev–Trinajstić information content (AvgIpc) is 2.14. The zero-order valence-corrected chi connectivity index (χ0v) is 9.61. The van der Waals surface area contributed by atoms with Crippen LogP contribution in [0.5, 0.6) is 0 Å². The van der Waals surface area contributed by atoms with Gasteiger partial charge in [-0.2, -0.15) is 5.26 Å². The third-order valence-corrected chi connectivity index (χ3v) is 2.24. The molecule has 1 amide bonds. The average molecular weight is 197 g/mol. The summed E-state index contributed by atoms with van der Waals surface area (Å²) in [5.74, 6) is 0.0232. The molecule has 14 heavy (non-hydrogen) atoms. The maximum absolute atomic E-state index is 11.6. The molecule has 0 rings (SSSR count). The van der Waals surface area contributed by atoms with Gasteiger partial charge in [-0.05, 0) is 20.9 Å². The van der Waals surface area contributed by atoms with Crippen molar-refractivity contribution in [1.82, 2.24) is 9.80 Å². The molecule has 0 saturated carbocycles. The predicted molar refractivity (Wildman–Crippen MR) is 55.6 cm³/mol. The lowest BCUT2D eigenvalue weighted by molar-refractivity contribution is -0.133. The third kappa shape index (κ3) is 3.75. The first-order valence-electron chi connectivity index (χ1n) is 4.71. The summed E-state index contributed by atoms with van der Waals surface area (Å²) in [4.78, 5) is 15.0. The van der Waals surface area contributed by atoms with Crippen molar-refractivity contribution in [1.29, 1.82) is 5.26 Å². The van der Waals surface area contributed by atoms with Crippen LogP contribution in [0, 0.1) is 17.2 Å². The summed E-state index contributed by atoms with van der Waals surface area (Å²) >= 11 is 0. The van der Waals surface area contributed by atoms with Crippen molar-refractivity contribution < 1.29 is 4.79 Å². The first-order chi connectivity index (χ1) is 6.40. The minimum Gasteiger partial charge on any atom is -0.347 e. The molecule has 0 aromatic rings. The zero-order chi connectivity index (χ0) is 11.3. The molecule has 0 heterocycles. The number of nitriles is 1. The van der Waals surface area contributed by atoms with Gasteiger partial charge in [0, 0.05) is 20.6 Å². The Morgan fingerprint density at radius 3 is 2.21 bits per heavy atom. The highest BCUT2D eigenvalue weighted by Gasteiger charge is 2.20. The number of nitrogens with zero attached hydrogens (tertiary/aromatic N) is 3. The van der Waals surface area contributed by atoms with E-state index in [2.05, 4.69) is 6.07 Å². The lowest BCUT2D eigenvalue weighted by Crippen LogP contribution is -2.44. The van der Waals surface area contributed by atoms with Gasteiger partial charge in [0.25, 0.3) is 0 Å². The molecule has 2 atom stereocenters. The molecule has 2 unspecified atom stereocenters. The summed E-state index contributed by atoms with van der Waals surface area (Å²) in [6.07, 6.45) is 0. The molecular formula is C10H19N3O. The minimum absolute atomic E-state index is 0.0441. The number of hydrogen-bond acceptors (Lipinski definition) is 3. The van der Waals surface area contributed by atoms with Gasteiger partial charge in [-0.15, -0.1) is 0 Å². The first kappa shape index (κ1) is 12.9. The molecule has 0 fully saturated rings. The Morgan fingerprint density at radius 1 is 1.36 bits per heavy atom. The third-order valence-electron chi connectivity index (χ3n) is 2.24. The van der Waals surface area contributed by atoms with E-state index < -0.39 is 0 Å². The lowest BCUT2D eigenvalue weighted by Gasteiger charge is -2.26. The molecule has 0 aliphatic carbocycles. The van der Waals surface area contributed by atoms with Gasteiger partial charge in [-0.3, -0.25) is 9.69 Å². The SMILES string of the molecule is CC(C#N)CN(C)C(C)C(=O)N(C)C. The summed E-state index contributed by atoms with van der Waals surface area (Å²) in [5.41, 5.74) is 0. The number of likely N-dealkylation sites (N-methyl/N-ethyl adjacent to an activating group) is 2. The smallest absolute Gasteiger partial charge is 0.239 e. The van der Waals surface area contributed by atoms with Crippen LogP contribution in [0.15, 0.2) is 0 Å². The van der Waals surface area contributed by atoms with Crippen molar-refractivity contribution in [3.63, 3.8) is 0 Å². The minimum atomic E-state index is -0.166. The molecular weight excluding hydrogens is 178 g/mol. The molecule has 4 nitrogen and oxygen atoms in total.